The van der Waals surface area contributed by atoms with E-state index in [0.29, 0.717) is 12.4 Å². The Morgan fingerprint density at radius 3 is 2.50 bits per heavy atom. The second-order valence-corrected chi connectivity index (χ2v) is 4.25. The highest BCUT2D eigenvalue weighted by molar-refractivity contribution is 5.73. The van der Waals surface area contributed by atoms with Crippen molar-refractivity contribution in [2.45, 2.75) is 19.6 Å². The molecule has 2 aromatic rings. The quantitative estimate of drug-likeness (QED) is 0.629. The summed E-state index contributed by atoms with van der Waals surface area (Å²) in [6.07, 6.45) is -3.48. The molecule has 0 radical (unpaired) electrons. The molecule has 0 aliphatic rings. The lowest BCUT2D eigenvalue weighted by atomic mass is 10.3. The van der Waals surface area contributed by atoms with Gasteiger partial charge in [-0.05, 0) is 25.1 Å². The summed E-state index contributed by atoms with van der Waals surface area (Å²) in [6, 6.07) is 7.32. The molecule has 2 rings (SSSR count). The second-order valence-electron chi connectivity index (χ2n) is 4.25. The number of esters is 1. The molecule has 0 amide bonds. The van der Waals surface area contributed by atoms with Gasteiger partial charge in [-0.3, -0.25) is 4.68 Å². The molecule has 0 spiro atoms. The SMILES string of the molecule is CCOc1ccccc1OC(=O)Cn1ccc(C(F)(F)F)n1. The Labute approximate surface area is 124 Å². The van der Waals surface area contributed by atoms with E-state index >= 15 is 0 Å². The number of nitrogens with zero attached hydrogens (tertiary/aromatic N) is 2. The van der Waals surface area contributed by atoms with E-state index in [-0.39, 0.29) is 5.75 Å². The number of carbonyl (C=O) groups is 1. The fraction of sp³-hybridized carbons (Fsp3) is 0.286. The normalized spacial score (nSPS) is 11.3. The Bertz CT molecular complexity index is 653. The Morgan fingerprint density at radius 1 is 1.23 bits per heavy atom. The zero-order chi connectivity index (χ0) is 16.2. The van der Waals surface area contributed by atoms with Gasteiger partial charge in [0.05, 0.1) is 6.61 Å². The highest BCUT2D eigenvalue weighted by Gasteiger charge is 2.33. The van der Waals surface area contributed by atoms with E-state index in [1.54, 1.807) is 25.1 Å². The Balaban J connectivity index is 2.03. The first-order chi connectivity index (χ1) is 10.4. The first-order valence-corrected chi connectivity index (χ1v) is 6.43. The molecule has 0 fully saturated rings. The number of ether oxygens (including phenoxy) is 2. The van der Waals surface area contributed by atoms with Crippen molar-refractivity contribution in [3.05, 3.63) is 42.2 Å². The van der Waals surface area contributed by atoms with E-state index < -0.39 is 24.4 Å². The maximum Gasteiger partial charge on any atom is 0.435 e. The number of carbonyl (C=O) groups excluding carboxylic acids is 1. The van der Waals surface area contributed by atoms with Gasteiger partial charge in [-0.25, -0.2) is 4.79 Å². The van der Waals surface area contributed by atoms with Crippen LogP contribution in [0.1, 0.15) is 12.6 Å². The summed E-state index contributed by atoms with van der Waals surface area (Å²) in [5.74, 6) is -0.156. The fourth-order valence-electron chi connectivity index (χ4n) is 1.70. The van der Waals surface area contributed by atoms with Gasteiger partial charge in [0, 0.05) is 6.20 Å². The molecular formula is C14H13F3N2O3. The maximum atomic E-state index is 12.4. The van der Waals surface area contributed by atoms with Crippen molar-refractivity contribution in [2.75, 3.05) is 6.61 Å². The predicted molar refractivity (Wildman–Crippen MR) is 70.5 cm³/mol. The van der Waals surface area contributed by atoms with E-state index in [1.165, 1.54) is 6.07 Å². The van der Waals surface area contributed by atoms with Crippen LogP contribution < -0.4 is 9.47 Å². The van der Waals surface area contributed by atoms with Crippen molar-refractivity contribution >= 4 is 5.97 Å². The standard InChI is InChI=1S/C14H13F3N2O3/c1-2-21-10-5-3-4-6-11(10)22-13(20)9-19-8-7-12(18-19)14(15,16)17/h3-8H,2,9H2,1H3. The number of hydrogen-bond donors (Lipinski definition) is 0. The van der Waals surface area contributed by atoms with Gasteiger partial charge in [-0.1, -0.05) is 12.1 Å². The van der Waals surface area contributed by atoms with Gasteiger partial charge in [-0.15, -0.1) is 0 Å². The Hall–Kier alpha value is -2.51. The van der Waals surface area contributed by atoms with E-state index in [9.17, 15) is 18.0 Å². The molecule has 0 unspecified atom stereocenters. The molecule has 0 bridgehead atoms. The van der Waals surface area contributed by atoms with Gasteiger partial charge in [0.15, 0.2) is 17.2 Å². The lowest BCUT2D eigenvalue weighted by molar-refractivity contribution is -0.142. The molecule has 5 nitrogen and oxygen atoms in total. The van der Waals surface area contributed by atoms with Crippen LogP contribution in [0.15, 0.2) is 36.5 Å². The predicted octanol–water partition coefficient (Wildman–Crippen LogP) is 2.91. The fourth-order valence-corrected chi connectivity index (χ4v) is 1.70. The lowest BCUT2D eigenvalue weighted by Gasteiger charge is -2.10. The smallest absolute Gasteiger partial charge is 0.435 e. The molecule has 0 saturated carbocycles. The first kappa shape index (κ1) is 15.9. The van der Waals surface area contributed by atoms with Crippen LogP contribution in [0.3, 0.4) is 0 Å². The summed E-state index contributed by atoms with van der Waals surface area (Å²) in [7, 11) is 0. The van der Waals surface area contributed by atoms with Crippen molar-refractivity contribution < 1.29 is 27.4 Å². The van der Waals surface area contributed by atoms with Gasteiger partial charge in [0.1, 0.15) is 6.54 Å². The van der Waals surface area contributed by atoms with Gasteiger partial charge >= 0.3 is 12.1 Å². The van der Waals surface area contributed by atoms with Gasteiger partial charge < -0.3 is 9.47 Å². The van der Waals surface area contributed by atoms with Crippen LogP contribution in [0.2, 0.25) is 0 Å². The molecule has 0 N–H and O–H groups in total. The summed E-state index contributed by atoms with van der Waals surface area (Å²) < 4.78 is 48.5. The van der Waals surface area contributed by atoms with Crippen LogP contribution in [-0.4, -0.2) is 22.4 Å². The molecule has 1 heterocycles. The summed E-state index contributed by atoms with van der Waals surface area (Å²) in [6.45, 7) is 1.74. The molecule has 1 aromatic heterocycles. The number of alkyl halides is 3. The van der Waals surface area contributed by atoms with Crippen LogP contribution in [0.4, 0.5) is 13.2 Å². The zero-order valence-corrected chi connectivity index (χ0v) is 11.6. The average molecular weight is 314 g/mol. The number of para-hydroxylation sites is 2. The molecule has 8 heteroatoms. The third-order valence-electron chi connectivity index (χ3n) is 2.59. The van der Waals surface area contributed by atoms with Crippen LogP contribution >= 0.6 is 0 Å². The Morgan fingerprint density at radius 2 is 1.91 bits per heavy atom. The van der Waals surface area contributed by atoms with E-state index in [2.05, 4.69) is 5.10 Å². The minimum atomic E-state index is -4.54. The number of benzene rings is 1. The van der Waals surface area contributed by atoms with Crippen LogP contribution in [0.5, 0.6) is 11.5 Å². The highest BCUT2D eigenvalue weighted by atomic mass is 19.4. The van der Waals surface area contributed by atoms with Gasteiger partial charge in [0.2, 0.25) is 0 Å². The second kappa shape index (κ2) is 6.50. The Kier molecular flexibility index (Phi) is 4.69. The number of aromatic nitrogens is 2. The molecule has 0 saturated heterocycles. The van der Waals surface area contributed by atoms with Crippen molar-refractivity contribution in [1.82, 2.24) is 9.78 Å². The zero-order valence-electron chi connectivity index (χ0n) is 11.6. The summed E-state index contributed by atoms with van der Waals surface area (Å²) in [5, 5.41) is 3.28. The van der Waals surface area contributed by atoms with Crippen LogP contribution in [-0.2, 0) is 17.5 Å². The average Bonchev–Trinajstić information content (AvgIpc) is 2.89. The monoisotopic (exact) mass is 314 g/mol. The van der Waals surface area contributed by atoms with E-state index in [0.717, 1.165) is 16.9 Å². The minimum absolute atomic E-state index is 0.206. The maximum absolute atomic E-state index is 12.4. The molecule has 0 atom stereocenters. The summed E-state index contributed by atoms with van der Waals surface area (Å²) in [4.78, 5) is 11.8. The van der Waals surface area contributed by atoms with Crippen molar-refractivity contribution in [1.29, 1.82) is 0 Å². The highest BCUT2D eigenvalue weighted by Crippen LogP contribution is 2.28. The first-order valence-electron chi connectivity index (χ1n) is 6.43. The van der Waals surface area contributed by atoms with Crippen LogP contribution in [0.25, 0.3) is 0 Å². The third-order valence-corrected chi connectivity index (χ3v) is 2.59. The molecule has 22 heavy (non-hydrogen) atoms. The third kappa shape index (κ3) is 4.00. The molecular weight excluding hydrogens is 301 g/mol. The molecule has 0 aliphatic carbocycles. The van der Waals surface area contributed by atoms with Gasteiger partial charge in [-0.2, -0.15) is 18.3 Å². The van der Waals surface area contributed by atoms with Crippen molar-refractivity contribution in [2.24, 2.45) is 0 Å². The van der Waals surface area contributed by atoms with Gasteiger partial charge in [0.25, 0.3) is 0 Å². The van der Waals surface area contributed by atoms with E-state index in [1.807, 2.05) is 0 Å². The van der Waals surface area contributed by atoms with Crippen molar-refractivity contribution in [3.63, 3.8) is 0 Å². The summed E-state index contributed by atoms with van der Waals surface area (Å²) >= 11 is 0. The minimum Gasteiger partial charge on any atom is -0.490 e. The number of hydrogen-bond acceptors (Lipinski definition) is 4. The number of rotatable bonds is 5. The lowest BCUT2D eigenvalue weighted by Crippen LogP contribution is -2.18. The largest absolute Gasteiger partial charge is 0.490 e. The molecule has 118 valence electrons. The molecule has 1 aromatic carbocycles. The summed E-state index contributed by atoms with van der Waals surface area (Å²) in [5.41, 5.74) is -1.06. The molecule has 0 aliphatic heterocycles. The van der Waals surface area contributed by atoms with E-state index in [4.69, 9.17) is 9.47 Å². The van der Waals surface area contributed by atoms with Crippen LogP contribution in [0, 0.1) is 0 Å². The van der Waals surface area contributed by atoms with Crippen molar-refractivity contribution in [3.8, 4) is 11.5 Å². The number of halogens is 3. The topological polar surface area (TPSA) is 53.4 Å².